The van der Waals surface area contributed by atoms with Crippen molar-refractivity contribution < 1.29 is 4.57 Å². The molecule has 15 heavy (non-hydrogen) atoms. The maximum atomic E-state index is 2.24. The number of benzene rings is 1. The minimum Gasteiger partial charge on any atom is -0.198 e. The highest BCUT2D eigenvalue weighted by atomic mass is 15.0. The van der Waals surface area contributed by atoms with E-state index in [0.717, 1.165) is 0 Å². The van der Waals surface area contributed by atoms with Gasteiger partial charge in [-0.1, -0.05) is 30.3 Å². The summed E-state index contributed by atoms with van der Waals surface area (Å²) in [5, 5.41) is 0. The van der Waals surface area contributed by atoms with Crippen molar-refractivity contribution in [1.82, 2.24) is 0 Å². The highest BCUT2D eigenvalue weighted by Gasteiger charge is 2.13. The van der Waals surface area contributed by atoms with Gasteiger partial charge in [0, 0.05) is 24.1 Å². The number of rotatable bonds is 2. The predicted octanol–water partition coefficient (Wildman–Crippen LogP) is 2.89. The van der Waals surface area contributed by atoms with Gasteiger partial charge in [-0.15, -0.1) is 0 Å². The zero-order chi connectivity index (χ0) is 10.7. The molecule has 1 aromatic carbocycles. The first-order valence-electron chi connectivity index (χ1n) is 5.30. The van der Waals surface area contributed by atoms with Crippen molar-refractivity contribution in [2.45, 2.75) is 19.9 Å². The third-order valence-electron chi connectivity index (χ3n) is 2.70. The van der Waals surface area contributed by atoms with E-state index in [4.69, 9.17) is 0 Å². The lowest BCUT2D eigenvalue weighted by molar-refractivity contribution is -0.710. The van der Waals surface area contributed by atoms with Gasteiger partial charge in [0.25, 0.3) is 0 Å². The summed E-state index contributed by atoms with van der Waals surface area (Å²) in [4.78, 5) is 0. The molecule has 0 aliphatic carbocycles. The van der Waals surface area contributed by atoms with Crippen LogP contribution in [0, 0.1) is 6.92 Å². The van der Waals surface area contributed by atoms with Crippen LogP contribution in [0.5, 0.6) is 0 Å². The van der Waals surface area contributed by atoms with Crippen molar-refractivity contribution in [3.63, 3.8) is 0 Å². The van der Waals surface area contributed by atoms with Crippen LogP contribution in [-0.2, 0) is 0 Å². The molecule has 1 atom stereocenters. The number of hydrogen-bond acceptors (Lipinski definition) is 0. The molecule has 1 aromatic heterocycles. The largest absolute Gasteiger partial charge is 0.198 e. The SMILES string of the molecule is Cc1ccc[n+]([C@@H](C)c2ccccc2)c1. The van der Waals surface area contributed by atoms with Gasteiger partial charge >= 0.3 is 0 Å². The predicted molar refractivity (Wildman–Crippen MR) is 61.6 cm³/mol. The Kier molecular flexibility index (Phi) is 2.82. The van der Waals surface area contributed by atoms with E-state index >= 15 is 0 Å². The first-order valence-corrected chi connectivity index (χ1v) is 5.30. The smallest absolute Gasteiger partial charge is 0.180 e. The third-order valence-corrected chi connectivity index (χ3v) is 2.70. The molecule has 0 radical (unpaired) electrons. The summed E-state index contributed by atoms with van der Waals surface area (Å²) >= 11 is 0. The van der Waals surface area contributed by atoms with Crippen LogP contribution in [-0.4, -0.2) is 0 Å². The second-order valence-corrected chi connectivity index (χ2v) is 3.92. The van der Waals surface area contributed by atoms with E-state index in [2.05, 4.69) is 73.3 Å². The van der Waals surface area contributed by atoms with Gasteiger partial charge < -0.3 is 0 Å². The number of aryl methyl sites for hydroxylation is 1. The molecule has 0 spiro atoms. The molecule has 2 rings (SSSR count). The summed E-state index contributed by atoms with van der Waals surface area (Å²) in [6, 6.07) is 15.2. The molecule has 76 valence electrons. The Hall–Kier alpha value is -1.63. The molecular weight excluding hydrogens is 182 g/mol. The lowest BCUT2D eigenvalue weighted by Gasteiger charge is -2.07. The van der Waals surface area contributed by atoms with Crippen LogP contribution in [0.15, 0.2) is 54.9 Å². The summed E-state index contributed by atoms with van der Waals surface area (Å²) in [5.41, 5.74) is 2.63. The number of nitrogens with zero attached hydrogens (tertiary/aromatic N) is 1. The summed E-state index contributed by atoms with van der Waals surface area (Å²) in [6.07, 6.45) is 4.29. The van der Waals surface area contributed by atoms with Crippen molar-refractivity contribution in [3.8, 4) is 0 Å². The Morgan fingerprint density at radius 3 is 2.40 bits per heavy atom. The summed E-state index contributed by atoms with van der Waals surface area (Å²) < 4.78 is 2.24. The van der Waals surface area contributed by atoms with E-state index in [1.54, 1.807) is 0 Å². The van der Waals surface area contributed by atoms with Crippen molar-refractivity contribution in [3.05, 3.63) is 66.0 Å². The topological polar surface area (TPSA) is 3.88 Å². The minimum absolute atomic E-state index is 0.395. The van der Waals surface area contributed by atoms with E-state index in [1.165, 1.54) is 11.1 Å². The van der Waals surface area contributed by atoms with Gasteiger partial charge in [0.1, 0.15) is 0 Å². The monoisotopic (exact) mass is 198 g/mol. The minimum atomic E-state index is 0.395. The zero-order valence-electron chi connectivity index (χ0n) is 9.22. The second-order valence-electron chi connectivity index (χ2n) is 3.92. The van der Waals surface area contributed by atoms with Crippen LogP contribution in [0.25, 0.3) is 0 Å². The normalized spacial score (nSPS) is 12.4. The maximum absolute atomic E-state index is 2.24. The molecule has 0 bridgehead atoms. The molecule has 1 heteroatoms. The third kappa shape index (κ3) is 2.24. The van der Waals surface area contributed by atoms with Crippen LogP contribution in [0.4, 0.5) is 0 Å². The van der Waals surface area contributed by atoms with E-state index in [9.17, 15) is 0 Å². The van der Waals surface area contributed by atoms with Crippen molar-refractivity contribution in [2.24, 2.45) is 0 Å². The fourth-order valence-corrected chi connectivity index (χ4v) is 1.76. The van der Waals surface area contributed by atoms with Crippen molar-refractivity contribution >= 4 is 0 Å². The van der Waals surface area contributed by atoms with Gasteiger partial charge in [-0.05, 0) is 13.0 Å². The lowest BCUT2D eigenvalue weighted by Crippen LogP contribution is -2.37. The number of aromatic nitrogens is 1. The van der Waals surface area contributed by atoms with Crippen LogP contribution in [0.1, 0.15) is 24.1 Å². The van der Waals surface area contributed by atoms with Gasteiger partial charge in [0.15, 0.2) is 18.4 Å². The molecular formula is C14H16N+. The summed E-state index contributed by atoms with van der Waals surface area (Å²) in [6.45, 7) is 4.34. The number of hydrogen-bond donors (Lipinski definition) is 0. The molecule has 0 unspecified atom stereocenters. The standard InChI is InChI=1S/C14H16N/c1-12-7-6-10-15(11-12)13(2)14-8-4-3-5-9-14/h3-11,13H,1-2H3/q+1/t13-/m0/s1. The van der Waals surface area contributed by atoms with Gasteiger partial charge in [0.2, 0.25) is 0 Å². The fraction of sp³-hybridized carbons (Fsp3) is 0.214. The van der Waals surface area contributed by atoms with Crippen LogP contribution >= 0.6 is 0 Å². The fourth-order valence-electron chi connectivity index (χ4n) is 1.76. The molecule has 0 fully saturated rings. The number of pyridine rings is 1. The molecule has 0 aliphatic rings. The maximum Gasteiger partial charge on any atom is 0.180 e. The Morgan fingerprint density at radius 1 is 1.00 bits per heavy atom. The van der Waals surface area contributed by atoms with Gasteiger partial charge in [-0.3, -0.25) is 0 Å². The molecule has 0 aliphatic heterocycles. The van der Waals surface area contributed by atoms with Gasteiger partial charge in [-0.25, -0.2) is 0 Å². The highest BCUT2D eigenvalue weighted by molar-refractivity contribution is 5.16. The Morgan fingerprint density at radius 2 is 1.73 bits per heavy atom. The van der Waals surface area contributed by atoms with Crippen molar-refractivity contribution in [1.29, 1.82) is 0 Å². The first kappa shape index (κ1) is 9.91. The highest BCUT2D eigenvalue weighted by Crippen LogP contribution is 2.10. The summed E-state index contributed by atoms with van der Waals surface area (Å²) in [5.74, 6) is 0. The first-order chi connectivity index (χ1) is 7.27. The van der Waals surface area contributed by atoms with Crippen molar-refractivity contribution in [2.75, 3.05) is 0 Å². The molecule has 0 amide bonds. The molecule has 1 heterocycles. The molecule has 0 saturated heterocycles. The molecule has 1 nitrogen and oxygen atoms in total. The van der Waals surface area contributed by atoms with E-state index in [0.29, 0.717) is 6.04 Å². The Bertz CT molecular complexity index is 434. The van der Waals surface area contributed by atoms with Gasteiger partial charge in [0.05, 0.1) is 0 Å². The molecule has 0 saturated carbocycles. The zero-order valence-corrected chi connectivity index (χ0v) is 9.22. The summed E-state index contributed by atoms with van der Waals surface area (Å²) in [7, 11) is 0. The average molecular weight is 198 g/mol. The molecule has 2 aromatic rings. The quantitative estimate of drug-likeness (QED) is 0.653. The van der Waals surface area contributed by atoms with Gasteiger partial charge in [-0.2, -0.15) is 4.57 Å². The van der Waals surface area contributed by atoms with E-state index in [1.807, 2.05) is 0 Å². The second kappa shape index (κ2) is 4.26. The van der Waals surface area contributed by atoms with E-state index in [-0.39, 0.29) is 0 Å². The van der Waals surface area contributed by atoms with Crippen LogP contribution < -0.4 is 4.57 Å². The Balaban J connectivity index is 2.32. The van der Waals surface area contributed by atoms with E-state index < -0.39 is 0 Å². The average Bonchev–Trinajstić information content (AvgIpc) is 2.29. The van der Waals surface area contributed by atoms with Crippen LogP contribution in [0.2, 0.25) is 0 Å². The Labute approximate surface area is 91.0 Å². The lowest BCUT2D eigenvalue weighted by atomic mass is 10.1. The molecule has 0 N–H and O–H groups in total. The van der Waals surface area contributed by atoms with Crippen LogP contribution in [0.3, 0.4) is 0 Å².